The van der Waals surface area contributed by atoms with E-state index in [0.717, 1.165) is 17.7 Å². The van der Waals surface area contributed by atoms with Crippen LogP contribution in [0.5, 0.6) is 0 Å². The molecule has 0 saturated carbocycles. The van der Waals surface area contributed by atoms with E-state index in [1.165, 1.54) is 26.0 Å². The maximum atomic E-state index is 12.8. The molecule has 0 bridgehead atoms. The maximum absolute atomic E-state index is 12.8. The highest BCUT2D eigenvalue weighted by atomic mass is 32.3. The summed E-state index contributed by atoms with van der Waals surface area (Å²) in [6, 6.07) is 8.98. The van der Waals surface area contributed by atoms with Gasteiger partial charge in [-0.2, -0.15) is 8.42 Å². The van der Waals surface area contributed by atoms with Crippen molar-refractivity contribution >= 4 is 33.7 Å². The summed E-state index contributed by atoms with van der Waals surface area (Å²) in [6.45, 7) is 1.97. The van der Waals surface area contributed by atoms with Crippen LogP contribution in [0.2, 0.25) is 0 Å². The molecule has 30 heavy (non-hydrogen) atoms. The zero-order valence-electron chi connectivity index (χ0n) is 16.5. The summed E-state index contributed by atoms with van der Waals surface area (Å²) in [7, 11) is -0.595. The zero-order valence-corrected chi connectivity index (χ0v) is 18.2. The second-order valence-electron chi connectivity index (χ2n) is 5.77. The summed E-state index contributed by atoms with van der Waals surface area (Å²) in [6.07, 6.45) is 1.71. The van der Waals surface area contributed by atoms with Crippen molar-refractivity contribution in [2.45, 2.75) is 16.8 Å². The number of rotatable bonds is 5. The number of allylic oxidation sites excluding steroid dienone is 2. The topological polar surface area (TPSA) is 129 Å². The molecule has 0 amide bonds. The lowest BCUT2D eigenvalue weighted by Crippen LogP contribution is -2.24. The van der Waals surface area contributed by atoms with Crippen molar-refractivity contribution in [1.29, 1.82) is 0 Å². The Kier molecular flexibility index (Phi) is 7.73. The Balaban J connectivity index is 0.000000469. The molecule has 3 rings (SSSR count). The van der Waals surface area contributed by atoms with Crippen molar-refractivity contribution in [3.8, 4) is 0 Å². The van der Waals surface area contributed by atoms with Crippen LogP contribution in [0.3, 0.4) is 0 Å². The number of hydrogen-bond acceptors (Lipinski definition) is 9. The molecule has 0 atom stereocenters. The number of benzene rings is 1. The molecule has 1 aliphatic rings. The Morgan fingerprint density at radius 2 is 1.60 bits per heavy atom. The average molecular weight is 453 g/mol. The molecular weight excluding hydrogens is 434 g/mol. The van der Waals surface area contributed by atoms with E-state index >= 15 is 0 Å². The number of fused-ring (bicyclic) bond motifs is 1. The zero-order chi connectivity index (χ0) is 22.5. The predicted molar refractivity (Wildman–Crippen MR) is 108 cm³/mol. The van der Waals surface area contributed by atoms with Gasteiger partial charge in [-0.3, -0.25) is 18.3 Å². The molecule has 1 N–H and O–H groups in total. The molecule has 1 aromatic carbocycles. The molecule has 0 fully saturated rings. The van der Waals surface area contributed by atoms with Gasteiger partial charge in [0.15, 0.2) is 0 Å². The van der Waals surface area contributed by atoms with Crippen LogP contribution in [0.15, 0.2) is 58.0 Å². The van der Waals surface area contributed by atoms with Gasteiger partial charge in [-0.15, -0.1) is 0 Å². The number of pyridine rings is 1. The molecule has 1 aliphatic carbocycles. The molecule has 9 nitrogen and oxygen atoms in total. The monoisotopic (exact) mass is 453 g/mol. The van der Waals surface area contributed by atoms with Crippen LogP contribution in [-0.2, 0) is 24.1 Å². The predicted octanol–water partition coefficient (Wildman–Crippen LogP) is 2.86. The van der Waals surface area contributed by atoms with Crippen LogP contribution >= 0.6 is 11.8 Å². The van der Waals surface area contributed by atoms with Gasteiger partial charge in [0, 0.05) is 16.7 Å². The second kappa shape index (κ2) is 9.85. The van der Waals surface area contributed by atoms with Crippen LogP contribution < -0.4 is 0 Å². The summed E-state index contributed by atoms with van der Waals surface area (Å²) in [5, 5.41) is 0.754. The first kappa shape index (κ1) is 23.5. The number of methoxy groups -OCH3 is 2. The molecule has 0 saturated heterocycles. The molecule has 0 radical (unpaired) electrons. The SMILES string of the molecule is COC1=C(OC)C(=O)c2c(Sc3cc(C)ccn3)cccc2C1=O.COS(=O)(=O)O. The fourth-order valence-electron chi connectivity index (χ4n) is 2.53. The van der Waals surface area contributed by atoms with Crippen molar-refractivity contribution in [3.63, 3.8) is 0 Å². The lowest BCUT2D eigenvalue weighted by atomic mass is 9.92. The third-order valence-electron chi connectivity index (χ3n) is 3.84. The van der Waals surface area contributed by atoms with Gasteiger partial charge in [-0.1, -0.05) is 23.9 Å². The summed E-state index contributed by atoms with van der Waals surface area (Å²) < 4.78 is 39.9. The Morgan fingerprint density at radius 3 is 2.13 bits per heavy atom. The third-order valence-corrected chi connectivity index (χ3v) is 5.25. The summed E-state index contributed by atoms with van der Waals surface area (Å²) in [5.41, 5.74) is 1.71. The molecular formula is C19H19NO8S2. The highest BCUT2D eigenvalue weighted by Gasteiger charge is 2.36. The van der Waals surface area contributed by atoms with Gasteiger partial charge in [0.05, 0.1) is 26.9 Å². The number of nitrogens with zero attached hydrogens (tertiary/aromatic N) is 1. The van der Waals surface area contributed by atoms with Crippen molar-refractivity contribution in [3.05, 3.63) is 64.7 Å². The fourth-order valence-corrected chi connectivity index (χ4v) is 3.56. The van der Waals surface area contributed by atoms with Crippen LogP contribution in [0.25, 0.3) is 0 Å². The van der Waals surface area contributed by atoms with E-state index in [1.54, 1.807) is 24.4 Å². The Labute approximate surface area is 178 Å². The normalized spacial score (nSPS) is 13.4. The highest BCUT2D eigenvalue weighted by Crippen LogP contribution is 2.36. The Hall–Kier alpha value is -2.73. The first-order valence-electron chi connectivity index (χ1n) is 8.31. The minimum absolute atomic E-state index is 0.0640. The third kappa shape index (κ3) is 5.45. The van der Waals surface area contributed by atoms with E-state index in [2.05, 4.69) is 9.17 Å². The number of aromatic nitrogens is 1. The van der Waals surface area contributed by atoms with E-state index in [1.807, 2.05) is 19.1 Å². The summed E-state index contributed by atoms with van der Waals surface area (Å²) in [4.78, 5) is 30.3. The largest absolute Gasteiger partial charge is 0.489 e. The Bertz CT molecular complexity index is 1110. The summed E-state index contributed by atoms with van der Waals surface area (Å²) >= 11 is 1.34. The van der Waals surface area contributed by atoms with Crippen LogP contribution in [-0.4, -0.2) is 50.9 Å². The number of ether oxygens (including phenoxy) is 2. The van der Waals surface area contributed by atoms with Crippen molar-refractivity contribution in [2.24, 2.45) is 0 Å². The quantitative estimate of drug-likeness (QED) is 0.675. The molecule has 1 aromatic heterocycles. The van der Waals surface area contributed by atoms with Gasteiger partial charge in [-0.25, -0.2) is 4.98 Å². The van der Waals surface area contributed by atoms with Gasteiger partial charge in [0.25, 0.3) is 0 Å². The van der Waals surface area contributed by atoms with E-state index in [0.29, 0.717) is 16.0 Å². The lowest BCUT2D eigenvalue weighted by molar-refractivity contribution is 0.0826. The minimum Gasteiger partial charge on any atom is -0.489 e. The van der Waals surface area contributed by atoms with Crippen LogP contribution in [0.1, 0.15) is 26.3 Å². The van der Waals surface area contributed by atoms with E-state index in [9.17, 15) is 18.0 Å². The number of Topliss-reactive ketones (excluding diaryl/α,β-unsaturated/α-hetero) is 2. The minimum atomic E-state index is -4.16. The number of ketones is 2. The number of carbonyl (C=O) groups excluding carboxylic acids is 2. The Morgan fingerprint density at radius 1 is 1.00 bits per heavy atom. The van der Waals surface area contributed by atoms with Crippen LogP contribution in [0, 0.1) is 6.92 Å². The van der Waals surface area contributed by atoms with Crippen molar-refractivity contribution in [1.82, 2.24) is 4.98 Å². The molecule has 160 valence electrons. The maximum Gasteiger partial charge on any atom is 0.397 e. The molecule has 0 unspecified atom stereocenters. The average Bonchev–Trinajstić information content (AvgIpc) is 2.70. The van der Waals surface area contributed by atoms with Gasteiger partial charge < -0.3 is 9.47 Å². The second-order valence-corrected chi connectivity index (χ2v) is 8.02. The first-order valence-corrected chi connectivity index (χ1v) is 10.5. The fraction of sp³-hybridized carbons (Fsp3) is 0.211. The standard InChI is InChI=1S/C18H15NO4S.CH4O4S/c1-10-7-8-19-13(9-10)24-12-6-4-5-11-14(12)16(21)18(23-3)17(22-2)15(11)20;1-5-6(2,3)4/h4-9H,1-3H3;1H3,(H,2,3,4). The number of hydrogen-bond donors (Lipinski definition) is 1. The number of aryl methyl sites for hydroxylation is 1. The van der Waals surface area contributed by atoms with E-state index < -0.39 is 10.4 Å². The highest BCUT2D eigenvalue weighted by molar-refractivity contribution is 7.99. The van der Waals surface area contributed by atoms with E-state index in [4.69, 9.17) is 14.0 Å². The molecule has 11 heteroatoms. The summed E-state index contributed by atoms with van der Waals surface area (Å²) in [5.74, 6) is -0.852. The van der Waals surface area contributed by atoms with E-state index in [-0.39, 0.29) is 23.1 Å². The van der Waals surface area contributed by atoms with Gasteiger partial charge in [0.1, 0.15) is 5.03 Å². The van der Waals surface area contributed by atoms with Gasteiger partial charge in [0.2, 0.25) is 23.1 Å². The molecule has 2 aromatic rings. The van der Waals surface area contributed by atoms with Gasteiger partial charge in [-0.05, 0) is 30.7 Å². The lowest BCUT2D eigenvalue weighted by Gasteiger charge is -2.20. The molecule has 1 heterocycles. The molecule has 0 spiro atoms. The number of carbonyl (C=O) groups is 2. The van der Waals surface area contributed by atoms with Crippen molar-refractivity contribution in [2.75, 3.05) is 21.3 Å². The van der Waals surface area contributed by atoms with Gasteiger partial charge >= 0.3 is 10.4 Å². The first-order chi connectivity index (χ1) is 14.1. The van der Waals surface area contributed by atoms with Crippen molar-refractivity contribution < 1.29 is 36.2 Å². The smallest absolute Gasteiger partial charge is 0.397 e. The van der Waals surface area contributed by atoms with Crippen LogP contribution in [0.4, 0.5) is 0 Å². The molecule has 0 aliphatic heterocycles.